The molecule has 4 N–H and O–H groups in total. The predicted molar refractivity (Wildman–Crippen MR) is 192 cm³/mol. The Kier molecular flexibility index (Phi) is 15.2. The van der Waals surface area contributed by atoms with Crippen LogP contribution in [0.1, 0.15) is 68.1 Å². The molecule has 3 aromatic rings. The Morgan fingerprint density at radius 2 is 0.958 bits per heavy atom. The van der Waals surface area contributed by atoms with Crippen molar-refractivity contribution in [2.24, 2.45) is 5.73 Å². The number of aliphatic hydroxyl groups is 2. The van der Waals surface area contributed by atoms with Crippen LogP contribution in [-0.2, 0) is 24.4 Å². The van der Waals surface area contributed by atoms with Crippen LogP contribution in [0.2, 0.25) is 0 Å². The number of likely N-dealkylation sites (tertiary alicyclic amines) is 3. The maximum Gasteiger partial charge on any atom is 0.135 e. The van der Waals surface area contributed by atoms with Crippen LogP contribution in [0.5, 0.6) is 0 Å². The normalized spacial score (nSPS) is 19.6. The fourth-order valence-electron chi connectivity index (χ4n) is 6.58. The highest BCUT2D eigenvalue weighted by molar-refractivity contribution is 5.79. The fourth-order valence-corrected chi connectivity index (χ4v) is 6.58. The lowest BCUT2D eigenvalue weighted by molar-refractivity contribution is -0.121. The summed E-state index contributed by atoms with van der Waals surface area (Å²) in [7, 11) is 0. The van der Waals surface area contributed by atoms with E-state index in [1.54, 1.807) is 0 Å². The summed E-state index contributed by atoms with van der Waals surface area (Å²) in [6.45, 7) is 8.99. The highest BCUT2D eigenvalue weighted by atomic mass is 16.3. The molecular weight excluding hydrogens is 598 g/mol. The van der Waals surface area contributed by atoms with Gasteiger partial charge < -0.3 is 15.9 Å². The number of nitrogens with zero attached hydrogens (tertiary/aromatic N) is 4. The zero-order valence-electron chi connectivity index (χ0n) is 28.6. The van der Waals surface area contributed by atoms with Gasteiger partial charge in [-0.2, -0.15) is 5.26 Å². The minimum atomic E-state index is -0.748. The quantitative estimate of drug-likeness (QED) is 0.291. The molecule has 48 heavy (non-hydrogen) atoms. The van der Waals surface area contributed by atoms with E-state index in [9.17, 15) is 15.0 Å². The smallest absolute Gasteiger partial charge is 0.135 e. The second kappa shape index (κ2) is 19.5. The van der Waals surface area contributed by atoms with Crippen LogP contribution in [-0.4, -0.2) is 87.7 Å². The van der Waals surface area contributed by atoms with Crippen LogP contribution in [0.15, 0.2) is 91.0 Å². The molecule has 258 valence electrons. The summed E-state index contributed by atoms with van der Waals surface area (Å²) >= 11 is 0. The summed E-state index contributed by atoms with van der Waals surface area (Å²) in [6, 6.07) is 33.3. The lowest BCUT2D eigenvalue weighted by atomic mass is 9.88. The zero-order valence-corrected chi connectivity index (χ0v) is 28.6. The number of ketones is 1. The lowest BCUT2D eigenvalue weighted by Crippen LogP contribution is -2.45. The van der Waals surface area contributed by atoms with Gasteiger partial charge in [0.2, 0.25) is 0 Å². The van der Waals surface area contributed by atoms with Gasteiger partial charge in [-0.15, -0.1) is 0 Å². The van der Waals surface area contributed by atoms with Crippen molar-refractivity contribution in [3.8, 4) is 6.07 Å². The number of hydrogen-bond donors (Lipinski definition) is 3. The molecular formula is C40H55N5O3. The van der Waals surface area contributed by atoms with Crippen LogP contribution < -0.4 is 5.73 Å². The van der Waals surface area contributed by atoms with Crippen molar-refractivity contribution in [3.63, 3.8) is 0 Å². The molecule has 0 unspecified atom stereocenters. The molecule has 0 aliphatic carbocycles. The Morgan fingerprint density at radius 1 is 0.604 bits per heavy atom. The van der Waals surface area contributed by atoms with Gasteiger partial charge in [0.1, 0.15) is 5.78 Å². The summed E-state index contributed by atoms with van der Waals surface area (Å²) < 4.78 is 0. The summed E-state index contributed by atoms with van der Waals surface area (Å²) in [5, 5.41) is 29.0. The van der Waals surface area contributed by atoms with E-state index >= 15 is 0 Å². The van der Waals surface area contributed by atoms with Crippen LogP contribution >= 0.6 is 0 Å². The first-order valence-corrected chi connectivity index (χ1v) is 17.6. The molecule has 0 bridgehead atoms. The fraction of sp³-hybridized carbons (Fsp3) is 0.500. The Morgan fingerprint density at radius 3 is 1.31 bits per heavy atom. The van der Waals surface area contributed by atoms with Crippen LogP contribution in [0.4, 0.5) is 0 Å². The van der Waals surface area contributed by atoms with E-state index in [0.717, 1.165) is 91.0 Å². The van der Waals surface area contributed by atoms with Gasteiger partial charge in [0.25, 0.3) is 0 Å². The van der Waals surface area contributed by atoms with Gasteiger partial charge in [0.05, 0.1) is 23.7 Å². The van der Waals surface area contributed by atoms with E-state index in [0.29, 0.717) is 25.2 Å². The number of benzene rings is 3. The van der Waals surface area contributed by atoms with Crippen LogP contribution in [0, 0.1) is 11.3 Å². The van der Waals surface area contributed by atoms with E-state index in [4.69, 9.17) is 11.0 Å². The summed E-state index contributed by atoms with van der Waals surface area (Å²) in [4.78, 5) is 18.1. The molecule has 0 spiro atoms. The second-order valence-electron chi connectivity index (χ2n) is 13.6. The summed E-state index contributed by atoms with van der Waals surface area (Å²) in [6.07, 6.45) is 5.53. The second-order valence-corrected chi connectivity index (χ2v) is 13.6. The van der Waals surface area contributed by atoms with E-state index in [1.807, 2.05) is 30.3 Å². The standard InChI is InChI=1S/C14H22N2O.C14H18N2O.C12H15NO/c2*15-9-6-14(17)7-10-16(11-8-14)12-13-4-2-1-3-5-13;14-12-6-8-13(9-7-12)10-11-4-2-1-3-5-11/h1-5,17H,6-12,15H2;1-5,17H,6-8,10-12H2;1-5H,6-10H2. The molecule has 8 heteroatoms. The number of Topliss-reactive ketones (excluding diaryl/α,β-unsaturated/α-hetero) is 1. The molecule has 3 aliphatic rings. The molecule has 3 aromatic carbocycles. The van der Waals surface area contributed by atoms with E-state index in [-0.39, 0.29) is 6.42 Å². The maximum absolute atomic E-state index is 11.0. The molecule has 3 heterocycles. The molecule has 3 aliphatic heterocycles. The topological polar surface area (TPSA) is 117 Å². The van der Waals surface area contributed by atoms with Crippen molar-refractivity contribution in [1.29, 1.82) is 5.26 Å². The van der Waals surface area contributed by atoms with Crippen LogP contribution in [0.25, 0.3) is 0 Å². The van der Waals surface area contributed by atoms with Crippen molar-refractivity contribution in [2.45, 2.75) is 82.2 Å². The molecule has 0 saturated carbocycles. The van der Waals surface area contributed by atoms with Gasteiger partial charge in [-0.1, -0.05) is 91.0 Å². The predicted octanol–water partition coefficient (Wildman–Crippen LogP) is 5.14. The number of rotatable bonds is 9. The molecule has 0 amide bonds. The number of carbonyl (C=O) groups is 1. The third kappa shape index (κ3) is 13.2. The number of nitrogens with two attached hydrogens (primary N) is 1. The minimum Gasteiger partial charge on any atom is -0.390 e. The Labute approximate surface area is 287 Å². The maximum atomic E-state index is 11.0. The first-order chi connectivity index (χ1) is 23.3. The molecule has 0 aromatic heterocycles. The van der Waals surface area contributed by atoms with Crippen molar-refractivity contribution < 1.29 is 15.0 Å². The Bertz CT molecular complexity index is 1360. The van der Waals surface area contributed by atoms with Crippen molar-refractivity contribution >= 4 is 5.78 Å². The summed E-state index contributed by atoms with van der Waals surface area (Å²) in [5.41, 5.74) is 8.25. The van der Waals surface area contributed by atoms with Crippen molar-refractivity contribution in [3.05, 3.63) is 108 Å². The average molecular weight is 654 g/mol. The lowest BCUT2D eigenvalue weighted by Gasteiger charge is -2.38. The number of hydrogen-bond acceptors (Lipinski definition) is 8. The highest BCUT2D eigenvalue weighted by Gasteiger charge is 2.32. The summed E-state index contributed by atoms with van der Waals surface area (Å²) in [5.74, 6) is 0.411. The third-order valence-electron chi connectivity index (χ3n) is 9.75. The monoisotopic (exact) mass is 653 g/mol. The van der Waals surface area contributed by atoms with Crippen molar-refractivity contribution in [1.82, 2.24) is 14.7 Å². The van der Waals surface area contributed by atoms with E-state index in [1.165, 1.54) is 16.7 Å². The van der Waals surface area contributed by atoms with Gasteiger partial charge in [-0.05, 0) is 55.3 Å². The molecule has 8 nitrogen and oxygen atoms in total. The van der Waals surface area contributed by atoms with Crippen molar-refractivity contribution in [2.75, 3.05) is 45.8 Å². The Hall–Kier alpha value is -3.42. The van der Waals surface area contributed by atoms with Gasteiger partial charge in [-0.3, -0.25) is 19.5 Å². The molecule has 3 saturated heterocycles. The van der Waals surface area contributed by atoms with Crippen LogP contribution in [0.3, 0.4) is 0 Å². The number of piperidine rings is 3. The molecule has 3 fully saturated rings. The number of carbonyl (C=O) groups excluding carboxylic acids is 1. The largest absolute Gasteiger partial charge is 0.390 e. The highest BCUT2D eigenvalue weighted by Crippen LogP contribution is 2.27. The van der Waals surface area contributed by atoms with Gasteiger partial charge in [0, 0.05) is 71.7 Å². The average Bonchev–Trinajstić information content (AvgIpc) is 3.10. The first-order valence-electron chi connectivity index (χ1n) is 17.6. The van der Waals surface area contributed by atoms with Gasteiger partial charge >= 0.3 is 0 Å². The SMILES string of the molecule is N#CCC1(O)CCN(Cc2ccccc2)CC1.NCCC1(O)CCN(Cc2ccccc2)CC1.O=C1CCN(Cc2ccccc2)CC1. The van der Waals surface area contributed by atoms with E-state index < -0.39 is 11.2 Å². The molecule has 0 radical (unpaired) electrons. The molecule has 0 atom stereocenters. The van der Waals surface area contributed by atoms with E-state index in [2.05, 4.69) is 81.4 Å². The zero-order chi connectivity index (χ0) is 34.1. The van der Waals surface area contributed by atoms with Gasteiger partial charge in [-0.25, -0.2) is 0 Å². The first kappa shape index (κ1) is 37.4. The molecule has 6 rings (SSSR count). The Balaban J connectivity index is 0.000000163. The number of nitriles is 1. The third-order valence-corrected chi connectivity index (χ3v) is 9.75. The minimum absolute atomic E-state index is 0.256. The van der Waals surface area contributed by atoms with Gasteiger partial charge in [0.15, 0.2) is 0 Å².